The molecule has 0 unspecified atom stereocenters. The van der Waals surface area contributed by atoms with Crippen molar-refractivity contribution in [1.82, 2.24) is 0 Å². The van der Waals surface area contributed by atoms with Gasteiger partial charge in [-0.3, -0.25) is 9.44 Å². The van der Waals surface area contributed by atoms with Crippen LogP contribution < -0.4 is 14.8 Å². The van der Waals surface area contributed by atoms with E-state index in [9.17, 15) is 8.42 Å². The van der Waals surface area contributed by atoms with E-state index in [1.54, 1.807) is 30.3 Å². The first-order chi connectivity index (χ1) is 10.1. The van der Waals surface area contributed by atoms with Crippen LogP contribution in [0.1, 0.15) is 5.56 Å². The molecule has 1 heterocycles. The van der Waals surface area contributed by atoms with E-state index in [1.807, 2.05) is 30.4 Å². The normalized spacial score (nSPS) is 13.1. The van der Waals surface area contributed by atoms with Gasteiger partial charge in [-0.1, -0.05) is 42.5 Å². The molecule has 0 aromatic heterocycles. The molecule has 0 atom stereocenters. The highest BCUT2D eigenvalue weighted by atomic mass is 32.2. The first kappa shape index (κ1) is 13.5. The highest BCUT2D eigenvalue weighted by Gasteiger charge is 2.15. The molecule has 21 heavy (non-hydrogen) atoms. The first-order valence-electron chi connectivity index (χ1n) is 6.53. The molecule has 108 valence electrons. The summed E-state index contributed by atoms with van der Waals surface area (Å²) in [7, 11) is -3.69. The molecule has 2 aromatic rings. The zero-order valence-corrected chi connectivity index (χ0v) is 12.0. The Morgan fingerprint density at radius 1 is 0.952 bits per heavy atom. The van der Waals surface area contributed by atoms with Gasteiger partial charge in [-0.25, -0.2) is 0 Å². The van der Waals surface area contributed by atoms with Gasteiger partial charge in [0.25, 0.3) is 0 Å². The Labute approximate surface area is 123 Å². The van der Waals surface area contributed by atoms with E-state index >= 15 is 0 Å². The number of benzene rings is 2. The van der Waals surface area contributed by atoms with Gasteiger partial charge in [0, 0.05) is 6.54 Å². The van der Waals surface area contributed by atoms with E-state index in [4.69, 9.17) is 0 Å². The molecule has 0 amide bonds. The van der Waals surface area contributed by atoms with Gasteiger partial charge in [-0.15, -0.1) is 0 Å². The van der Waals surface area contributed by atoms with Crippen LogP contribution in [0, 0.1) is 0 Å². The summed E-state index contributed by atoms with van der Waals surface area (Å²) < 4.78 is 29.4. The lowest BCUT2D eigenvalue weighted by atomic mass is 10.1. The molecule has 0 bridgehead atoms. The molecule has 0 saturated heterocycles. The van der Waals surface area contributed by atoms with Crippen LogP contribution in [0.4, 0.5) is 17.1 Å². The van der Waals surface area contributed by atoms with Gasteiger partial charge in [0.15, 0.2) is 0 Å². The maximum Gasteiger partial charge on any atom is 0.321 e. The second-order valence-corrected chi connectivity index (χ2v) is 6.04. The van der Waals surface area contributed by atoms with Crippen molar-refractivity contribution in [2.45, 2.75) is 0 Å². The first-order valence-corrected chi connectivity index (χ1v) is 8.01. The minimum Gasteiger partial charge on any atom is -0.379 e. The molecule has 5 nitrogen and oxygen atoms in total. The van der Waals surface area contributed by atoms with Gasteiger partial charge in [0.2, 0.25) is 0 Å². The lowest BCUT2D eigenvalue weighted by Gasteiger charge is -2.18. The Kier molecular flexibility index (Phi) is 3.53. The smallest absolute Gasteiger partial charge is 0.321 e. The Balaban J connectivity index is 1.85. The van der Waals surface area contributed by atoms with Crippen LogP contribution in [0.2, 0.25) is 0 Å². The van der Waals surface area contributed by atoms with Crippen molar-refractivity contribution in [2.75, 3.05) is 21.3 Å². The molecule has 0 fully saturated rings. The summed E-state index contributed by atoms with van der Waals surface area (Å²) in [6.07, 6.45) is 3.96. The molecule has 0 radical (unpaired) electrons. The number of para-hydroxylation sites is 2. The quantitative estimate of drug-likeness (QED) is 0.813. The zero-order valence-electron chi connectivity index (χ0n) is 11.2. The van der Waals surface area contributed by atoms with Crippen molar-refractivity contribution < 1.29 is 8.42 Å². The van der Waals surface area contributed by atoms with Crippen molar-refractivity contribution in [3.8, 4) is 0 Å². The van der Waals surface area contributed by atoms with Crippen LogP contribution in [0.15, 0.2) is 54.6 Å². The van der Waals surface area contributed by atoms with Crippen LogP contribution >= 0.6 is 0 Å². The fraction of sp³-hybridized carbons (Fsp3) is 0.0667. The average Bonchev–Trinajstić information content (AvgIpc) is 2.48. The van der Waals surface area contributed by atoms with Gasteiger partial charge in [0.1, 0.15) is 0 Å². The molecule has 1 aliphatic heterocycles. The molecule has 3 N–H and O–H groups in total. The molecule has 0 spiro atoms. The van der Waals surface area contributed by atoms with Crippen LogP contribution in [0.25, 0.3) is 6.08 Å². The third-order valence-electron chi connectivity index (χ3n) is 3.06. The fourth-order valence-corrected chi connectivity index (χ4v) is 3.13. The third-order valence-corrected chi connectivity index (χ3v) is 4.05. The molecule has 6 heteroatoms. The van der Waals surface area contributed by atoms with Crippen molar-refractivity contribution in [2.24, 2.45) is 0 Å². The number of rotatable bonds is 4. The summed E-state index contributed by atoms with van der Waals surface area (Å²) >= 11 is 0. The number of hydrogen-bond acceptors (Lipinski definition) is 3. The summed E-state index contributed by atoms with van der Waals surface area (Å²) in [5.41, 5.74) is 2.79. The van der Waals surface area contributed by atoms with Gasteiger partial charge < -0.3 is 5.32 Å². The second kappa shape index (κ2) is 5.49. The van der Waals surface area contributed by atoms with Crippen molar-refractivity contribution in [3.05, 3.63) is 60.2 Å². The van der Waals surface area contributed by atoms with Gasteiger partial charge >= 0.3 is 10.2 Å². The topological polar surface area (TPSA) is 70.2 Å². The van der Waals surface area contributed by atoms with Gasteiger partial charge in [0.05, 0.1) is 17.1 Å². The Morgan fingerprint density at radius 2 is 1.76 bits per heavy atom. The molecule has 3 rings (SSSR count). The standard InChI is InChI=1S/C15H15N3O2S/c19-21(20,17-13-8-2-1-3-9-13)18-14-10-4-6-12-7-5-11-16-15(12)14/h1-10,16-18H,11H2. The molecule has 2 aromatic carbocycles. The van der Waals surface area contributed by atoms with E-state index in [1.165, 1.54) is 0 Å². The van der Waals surface area contributed by atoms with E-state index < -0.39 is 10.2 Å². The van der Waals surface area contributed by atoms with Crippen molar-refractivity contribution in [1.29, 1.82) is 0 Å². The van der Waals surface area contributed by atoms with Crippen LogP contribution in [-0.4, -0.2) is 15.0 Å². The third kappa shape index (κ3) is 3.17. The number of hydrogen-bond donors (Lipinski definition) is 3. The lowest BCUT2D eigenvalue weighted by Crippen LogP contribution is -2.22. The Morgan fingerprint density at radius 3 is 2.57 bits per heavy atom. The molecule has 1 aliphatic rings. The largest absolute Gasteiger partial charge is 0.379 e. The summed E-state index contributed by atoms with van der Waals surface area (Å²) in [5, 5.41) is 3.18. The van der Waals surface area contributed by atoms with E-state index in [0.29, 0.717) is 17.9 Å². The van der Waals surface area contributed by atoms with E-state index in [-0.39, 0.29) is 0 Å². The zero-order chi connectivity index (χ0) is 14.7. The predicted octanol–water partition coefficient (Wildman–Crippen LogP) is 2.89. The summed E-state index contributed by atoms with van der Waals surface area (Å²) in [4.78, 5) is 0. The van der Waals surface area contributed by atoms with Crippen molar-refractivity contribution >= 4 is 33.3 Å². The average molecular weight is 301 g/mol. The fourth-order valence-electron chi connectivity index (χ4n) is 2.17. The molecule has 0 aliphatic carbocycles. The Bertz CT molecular complexity index is 771. The predicted molar refractivity (Wildman–Crippen MR) is 86.6 cm³/mol. The van der Waals surface area contributed by atoms with Crippen LogP contribution in [-0.2, 0) is 10.2 Å². The van der Waals surface area contributed by atoms with E-state index in [2.05, 4.69) is 14.8 Å². The second-order valence-electron chi connectivity index (χ2n) is 4.63. The van der Waals surface area contributed by atoms with Gasteiger partial charge in [-0.2, -0.15) is 8.42 Å². The minimum atomic E-state index is -3.69. The lowest BCUT2D eigenvalue weighted by molar-refractivity contribution is 0.606. The maximum atomic E-state index is 12.2. The summed E-state index contributed by atoms with van der Waals surface area (Å²) in [5.74, 6) is 0. The molecular weight excluding hydrogens is 286 g/mol. The summed E-state index contributed by atoms with van der Waals surface area (Å²) in [6, 6.07) is 14.2. The molecule has 0 saturated carbocycles. The van der Waals surface area contributed by atoms with Crippen LogP contribution in [0.5, 0.6) is 0 Å². The SMILES string of the molecule is O=S(=O)(Nc1ccccc1)Nc1cccc2c1NCC=C2. The Hall–Kier alpha value is -2.47. The highest BCUT2D eigenvalue weighted by molar-refractivity contribution is 7.94. The number of fused-ring (bicyclic) bond motifs is 1. The summed E-state index contributed by atoms with van der Waals surface area (Å²) in [6.45, 7) is 0.678. The maximum absolute atomic E-state index is 12.2. The number of anilines is 3. The minimum absolute atomic E-state index is 0.516. The number of nitrogens with one attached hydrogen (secondary N) is 3. The van der Waals surface area contributed by atoms with Gasteiger partial charge in [-0.05, 0) is 23.8 Å². The van der Waals surface area contributed by atoms with Crippen molar-refractivity contribution in [3.63, 3.8) is 0 Å². The highest BCUT2D eigenvalue weighted by Crippen LogP contribution is 2.30. The van der Waals surface area contributed by atoms with E-state index in [0.717, 1.165) is 11.3 Å². The van der Waals surface area contributed by atoms with Crippen LogP contribution in [0.3, 0.4) is 0 Å². The molecular formula is C15H15N3O2S. The monoisotopic (exact) mass is 301 g/mol.